The summed E-state index contributed by atoms with van der Waals surface area (Å²) in [5.41, 5.74) is 0. The van der Waals surface area contributed by atoms with Gasteiger partial charge in [-0.05, 0) is 30.7 Å². The molecule has 1 aromatic carbocycles. The monoisotopic (exact) mass is 397 g/mol. The van der Waals surface area contributed by atoms with Crippen LogP contribution in [0.25, 0.3) is 0 Å². The Morgan fingerprint density at radius 2 is 1.88 bits per heavy atom. The number of carbonyl (C=O) groups is 2. The topological polar surface area (TPSA) is 99.6 Å². The van der Waals surface area contributed by atoms with Gasteiger partial charge in [0, 0.05) is 0 Å². The van der Waals surface area contributed by atoms with E-state index in [1.807, 2.05) is 6.92 Å². The molecule has 1 amide bonds. The van der Waals surface area contributed by atoms with E-state index in [-0.39, 0.29) is 17.6 Å². The molecule has 26 heavy (non-hydrogen) atoms. The summed E-state index contributed by atoms with van der Waals surface area (Å²) in [6, 6.07) is 6.99. The Hall–Kier alpha value is -2.33. The van der Waals surface area contributed by atoms with Crippen LogP contribution >= 0.6 is 23.1 Å². The summed E-state index contributed by atoms with van der Waals surface area (Å²) in [6.45, 7) is 1.85. The van der Waals surface area contributed by atoms with Crippen molar-refractivity contribution >= 4 is 40.1 Å². The van der Waals surface area contributed by atoms with E-state index < -0.39 is 6.10 Å². The highest BCUT2D eigenvalue weighted by Crippen LogP contribution is 2.26. The molecule has 0 aliphatic rings. The van der Waals surface area contributed by atoms with E-state index in [4.69, 9.17) is 9.47 Å². The smallest absolute Gasteiger partial charge is 0.316 e. The van der Waals surface area contributed by atoms with Crippen molar-refractivity contribution in [1.82, 2.24) is 10.2 Å². The standard InChI is InChI=1S/C16H19N3O5S2/c1-4-12(24-11-7-5-10(22-2)6-8-11)14(21)17-15-18-19-16(26-15)25-9-13(20)23-3/h5-8,12H,4,9H2,1-3H3,(H,17,18,21)/t12-/m1/s1. The van der Waals surface area contributed by atoms with Gasteiger partial charge in [-0.25, -0.2) is 0 Å². The van der Waals surface area contributed by atoms with Crippen LogP contribution in [0, 0.1) is 0 Å². The van der Waals surface area contributed by atoms with Gasteiger partial charge in [0.1, 0.15) is 11.5 Å². The minimum absolute atomic E-state index is 0.136. The van der Waals surface area contributed by atoms with E-state index >= 15 is 0 Å². The molecule has 0 fully saturated rings. The van der Waals surface area contributed by atoms with Gasteiger partial charge in [-0.1, -0.05) is 30.0 Å². The van der Waals surface area contributed by atoms with Crippen LogP contribution in [0.2, 0.25) is 0 Å². The number of thioether (sulfide) groups is 1. The first-order chi connectivity index (χ1) is 12.5. The van der Waals surface area contributed by atoms with E-state index in [0.29, 0.717) is 27.4 Å². The van der Waals surface area contributed by atoms with Crippen molar-refractivity contribution in [3.8, 4) is 11.5 Å². The molecule has 0 radical (unpaired) electrons. The summed E-state index contributed by atoms with van der Waals surface area (Å²) in [7, 11) is 2.90. The second-order valence-electron chi connectivity index (χ2n) is 4.92. The number of rotatable bonds is 9. The number of hydrogen-bond acceptors (Lipinski definition) is 9. The fourth-order valence-corrected chi connectivity index (χ4v) is 3.41. The molecule has 1 heterocycles. The quantitative estimate of drug-likeness (QED) is 0.392. The van der Waals surface area contributed by atoms with Gasteiger partial charge in [0.15, 0.2) is 10.4 Å². The molecule has 0 saturated heterocycles. The fourth-order valence-electron chi connectivity index (χ4n) is 1.82. The molecule has 2 aromatic rings. The van der Waals surface area contributed by atoms with Crippen molar-refractivity contribution in [3.63, 3.8) is 0 Å². The fraction of sp³-hybridized carbons (Fsp3) is 0.375. The van der Waals surface area contributed by atoms with Gasteiger partial charge in [-0.3, -0.25) is 14.9 Å². The SMILES string of the molecule is CC[C@@H](Oc1ccc(OC)cc1)C(=O)Nc1nnc(SCC(=O)OC)s1. The molecule has 0 saturated carbocycles. The Bertz CT molecular complexity index is 736. The number of esters is 1. The molecule has 0 aliphatic heterocycles. The first kappa shape index (κ1) is 20.0. The number of aromatic nitrogens is 2. The molecule has 0 spiro atoms. The first-order valence-electron chi connectivity index (χ1n) is 7.70. The summed E-state index contributed by atoms with van der Waals surface area (Å²) in [4.78, 5) is 23.5. The predicted octanol–water partition coefficient (Wildman–Crippen LogP) is 2.61. The maximum absolute atomic E-state index is 12.4. The van der Waals surface area contributed by atoms with Gasteiger partial charge in [0.2, 0.25) is 5.13 Å². The van der Waals surface area contributed by atoms with E-state index in [1.165, 1.54) is 30.2 Å². The largest absolute Gasteiger partial charge is 0.497 e. The zero-order valence-corrected chi connectivity index (χ0v) is 16.2. The Morgan fingerprint density at radius 3 is 2.50 bits per heavy atom. The van der Waals surface area contributed by atoms with Gasteiger partial charge in [0.05, 0.1) is 20.0 Å². The number of carbonyl (C=O) groups excluding carboxylic acids is 2. The third-order valence-corrected chi connectivity index (χ3v) is 5.12. The second kappa shape index (κ2) is 9.97. The summed E-state index contributed by atoms with van der Waals surface area (Å²) >= 11 is 2.38. The lowest BCUT2D eigenvalue weighted by molar-refractivity contribution is -0.137. The van der Waals surface area contributed by atoms with Crippen LogP contribution in [-0.2, 0) is 14.3 Å². The molecule has 0 unspecified atom stereocenters. The molecule has 8 nitrogen and oxygen atoms in total. The van der Waals surface area contributed by atoms with Gasteiger partial charge < -0.3 is 14.2 Å². The molecule has 2 rings (SSSR count). The van der Waals surface area contributed by atoms with Crippen LogP contribution in [-0.4, -0.2) is 48.2 Å². The minimum atomic E-state index is -0.668. The predicted molar refractivity (Wildman–Crippen MR) is 99.0 cm³/mol. The highest BCUT2D eigenvalue weighted by molar-refractivity contribution is 8.01. The van der Waals surface area contributed by atoms with Crippen LogP contribution in [0.3, 0.4) is 0 Å². The third kappa shape index (κ3) is 5.88. The Morgan fingerprint density at radius 1 is 1.19 bits per heavy atom. The van der Waals surface area contributed by atoms with Crippen LogP contribution in [0.5, 0.6) is 11.5 Å². The average molecular weight is 397 g/mol. The molecular formula is C16H19N3O5S2. The maximum Gasteiger partial charge on any atom is 0.316 e. The molecule has 0 bridgehead atoms. The molecule has 140 valence electrons. The van der Waals surface area contributed by atoms with Crippen LogP contribution < -0.4 is 14.8 Å². The Kier molecular flexibility index (Phi) is 7.67. The lowest BCUT2D eigenvalue weighted by Gasteiger charge is -2.16. The molecule has 1 aromatic heterocycles. The zero-order valence-electron chi connectivity index (χ0n) is 14.6. The number of benzene rings is 1. The van der Waals surface area contributed by atoms with E-state index in [9.17, 15) is 9.59 Å². The number of anilines is 1. The summed E-state index contributed by atoms with van der Waals surface area (Å²) in [5.74, 6) is 0.746. The lowest BCUT2D eigenvalue weighted by atomic mass is 10.2. The highest BCUT2D eigenvalue weighted by atomic mass is 32.2. The average Bonchev–Trinajstić information content (AvgIpc) is 3.11. The Balaban J connectivity index is 1.91. The van der Waals surface area contributed by atoms with Crippen LogP contribution in [0.1, 0.15) is 13.3 Å². The Labute approximate surface area is 159 Å². The van der Waals surface area contributed by atoms with E-state index in [2.05, 4.69) is 20.3 Å². The van der Waals surface area contributed by atoms with Crippen LogP contribution in [0.4, 0.5) is 5.13 Å². The molecular weight excluding hydrogens is 378 g/mol. The molecule has 10 heteroatoms. The maximum atomic E-state index is 12.4. The van der Waals surface area contributed by atoms with Gasteiger partial charge in [-0.15, -0.1) is 10.2 Å². The number of nitrogens with zero attached hydrogens (tertiary/aromatic N) is 2. The van der Waals surface area contributed by atoms with Crippen molar-refractivity contribution in [2.75, 3.05) is 25.3 Å². The van der Waals surface area contributed by atoms with Crippen molar-refractivity contribution in [1.29, 1.82) is 0 Å². The zero-order chi connectivity index (χ0) is 18.9. The molecule has 1 atom stereocenters. The highest BCUT2D eigenvalue weighted by Gasteiger charge is 2.20. The van der Waals surface area contributed by atoms with Gasteiger partial charge >= 0.3 is 5.97 Å². The summed E-state index contributed by atoms with van der Waals surface area (Å²) in [5, 5.41) is 10.8. The van der Waals surface area contributed by atoms with E-state index in [0.717, 1.165) is 0 Å². The number of ether oxygens (including phenoxy) is 3. The third-order valence-electron chi connectivity index (χ3n) is 3.18. The summed E-state index contributed by atoms with van der Waals surface area (Å²) in [6.07, 6.45) is -0.181. The molecule has 0 aliphatic carbocycles. The van der Waals surface area contributed by atoms with Gasteiger partial charge in [0.25, 0.3) is 5.91 Å². The van der Waals surface area contributed by atoms with Gasteiger partial charge in [-0.2, -0.15) is 0 Å². The van der Waals surface area contributed by atoms with Crippen molar-refractivity contribution in [2.45, 2.75) is 23.8 Å². The molecule has 1 N–H and O–H groups in total. The van der Waals surface area contributed by atoms with Crippen LogP contribution in [0.15, 0.2) is 28.6 Å². The van der Waals surface area contributed by atoms with E-state index in [1.54, 1.807) is 31.4 Å². The number of methoxy groups -OCH3 is 2. The second-order valence-corrected chi connectivity index (χ2v) is 7.12. The van der Waals surface area contributed by atoms with Crippen molar-refractivity contribution in [2.24, 2.45) is 0 Å². The normalized spacial score (nSPS) is 11.5. The summed E-state index contributed by atoms with van der Waals surface area (Å²) < 4.78 is 15.9. The number of nitrogens with one attached hydrogen (secondary N) is 1. The van der Waals surface area contributed by atoms with Crippen molar-refractivity contribution < 1.29 is 23.8 Å². The lowest BCUT2D eigenvalue weighted by Crippen LogP contribution is -2.32. The number of hydrogen-bond donors (Lipinski definition) is 1. The minimum Gasteiger partial charge on any atom is -0.497 e. The van der Waals surface area contributed by atoms with Crippen molar-refractivity contribution in [3.05, 3.63) is 24.3 Å². The number of amides is 1. The first-order valence-corrected chi connectivity index (χ1v) is 9.50.